The lowest BCUT2D eigenvalue weighted by Gasteiger charge is -2.27. The van der Waals surface area contributed by atoms with E-state index in [-0.39, 0.29) is 29.9 Å². The molecule has 0 aromatic heterocycles. The van der Waals surface area contributed by atoms with Crippen molar-refractivity contribution in [1.82, 2.24) is 4.31 Å². The Labute approximate surface area is 173 Å². The minimum Gasteiger partial charge on any atom is -0.494 e. The van der Waals surface area contributed by atoms with Gasteiger partial charge >= 0.3 is 0 Å². The maximum Gasteiger partial charge on any atom is 0.243 e. The Morgan fingerprint density at radius 3 is 2.59 bits per heavy atom. The van der Waals surface area contributed by atoms with Crippen LogP contribution in [0.3, 0.4) is 0 Å². The molecule has 0 saturated heterocycles. The van der Waals surface area contributed by atoms with Crippen LogP contribution in [0.1, 0.15) is 31.9 Å². The Balaban J connectivity index is 1.84. The van der Waals surface area contributed by atoms with E-state index >= 15 is 0 Å². The van der Waals surface area contributed by atoms with Gasteiger partial charge in [0, 0.05) is 18.3 Å². The van der Waals surface area contributed by atoms with Crippen molar-refractivity contribution in [3.05, 3.63) is 53.6 Å². The minimum atomic E-state index is -3.79. The summed E-state index contributed by atoms with van der Waals surface area (Å²) in [6, 6.07) is 12.6. The summed E-state index contributed by atoms with van der Waals surface area (Å²) in [4.78, 5) is 15.0. The number of carbonyl (C=O) groups excluding carboxylic acids is 1. The van der Waals surface area contributed by atoms with Crippen molar-refractivity contribution in [2.75, 3.05) is 24.6 Å². The average Bonchev–Trinajstić information content (AvgIpc) is 3.03. The average molecular weight is 417 g/mol. The zero-order valence-electron chi connectivity index (χ0n) is 17.4. The first-order valence-electron chi connectivity index (χ1n) is 9.93. The molecule has 1 aliphatic heterocycles. The number of nitrogens with zero attached hydrogens (tertiary/aromatic N) is 2. The van der Waals surface area contributed by atoms with Gasteiger partial charge in [-0.3, -0.25) is 4.79 Å². The van der Waals surface area contributed by atoms with Gasteiger partial charge in [-0.1, -0.05) is 25.1 Å². The summed E-state index contributed by atoms with van der Waals surface area (Å²) in [6.45, 7) is 7.96. The molecule has 6 nitrogen and oxygen atoms in total. The highest BCUT2D eigenvalue weighted by molar-refractivity contribution is 7.89. The van der Waals surface area contributed by atoms with E-state index in [1.54, 1.807) is 24.0 Å². The maximum absolute atomic E-state index is 13.2. The lowest BCUT2D eigenvalue weighted by molar-refractivity contribution is -0.119. The smallest absolute Gasteiger partial charge is 0.243 e. The zero-order chi connectivity index (χ0) is 21.2. The maximum atomic E-state index is 13.2. The summed E-state index contributed by atoms with van der Waals surface area (Å²) in [5, 5.41) is 0. The predicted octanol–water partition coefficient (Wildman–Crippen LogP) is 3.38. The van der Waals surface area contributed by atoms with Gasteiger partial charge in [0.05, 0.1) is 18.0 Å². The van der Waals surface area contributed by atoms with Gasteiger partial charge < -0.3 is 9.64 Å². The fourth-order valence-electron chi connectivity index (χ4n) is 3.79. The summed E-state index contributed by atoms with van der Waals surface area (Å²) in [5.41, 5.74) is 2.73. The van der Waals surface area contributed by atoms with Crippen molar-refractivity contribution in [3.8, 4) is 5.75 Å². The quantitative estimate of drug-likeness (QED) is 0.694. The van der Waals surface area contributed by atoms with E-state index in [2.05, 4.69) is 0 Å². The normalized spacial score (nSPS) is 16.2. The molecule has 1 unspecified atom stereocenters. The second kappa shape index (κ2) is 8.55. The molecule has 0 bridgehead atoms. The second-order valence-corrected chi connectivity index (χ2v) is 9.18. The molecule has 2 aromatic carbocycles. The molecule has 0 fully saturated rings. The number of likely N-dealkylation sites (N-methyl/N-ethyl adjacent to an activating group) is 1. The number of benzene rings is 2. The van der Waals surface area contributed by atoms with Crippen LogP contribution in [0.2, 0.25) is 0 Å². The number of anilines is 1. The Morgan fingerprint density at radius 2 is 1.93 bits per heavy atom. The SMILES string of the molecule is CCOc1ccc(S(=O)(=O)N(CC)CC(=O)N2c3ccccc3CC2C)cc1C. The van der Waals surface area contributed by atoms with E-state index < -0.39 is 10.0 Å². The van der Waals surface area contributed by atoms with Crippen LogP contribution in [0.25, 0.3) is 0 Å². The van der Waals surface area contributed by atoms with Crippen LogP contribution in [0.5, 0.6) is 5.75 Å². The first-order chi connectivity index (χ1) is 13.8. The summed E-state index contributed by atoms with van der Waals surface area (Å²) in [5.74, 6) is 0.448. The molecule has 0 aliphatic carbocycles. The van der Waals surface area contributed by atoms with Crippen molar-refractivity contribution in [1.29, 1.82) is 0 Å². The number of amides is 1. The molecule has 1 aliphatic rings. The number of hydrogen-bond acceptors (Lipinski definition) is 4. The van der Waals surface area contributed by atoms with Gasteiger partial charge in [0.1, 0.15) is 5.75 Å². The van der Waals surface area contributed by atoms with Crippen LogP contribution in [-0.2, 0) is 21.2 Å². The topological polar surface area (TPSA) is 66.9 Å². The second-order valence-electron chi connectivity index (χ2n) is 7.24. The van der Waals surface area contributed by atoms with Gasteiger partial charge in [-0.05, 0) is 62.6 Å². The molecule has 0 spiro atoms. The molecule has 0 saturated carbocycles. The highest BCUT2D eigenvalue weighted by Crippen LogP contribution is 2.32. The van der Waals surface area contributed by atoms with Crippen molar-refractivity contribution in [2.45, 2.75) is 45.1 Å². The fraction of sp³-hybridized carbons (Fsp3) is 0.409. The Kier molecular flexibility index (Phi) is 6.29. The van der Waals surface area contributed by atoms with Gasteiger partial charge in [-0.15, -0.1) is 0 Å². The highest BCUT2D eigenvalue weighted by atomic mass is 32.2. The van der Waals surface area contributed by atoms with E-state index in [0.29, 0.717) is 12.4 Å². The third kappa shape index (κ3) is 4.16. The van der Waals surface area contributed by atoms with E-state index in [4.69, 9.17) is 4.74 Å². The first-order valence-corrected chi connectivity index (χ1v) is 11.4. The fourth-order valence-corrected chi connectivity index (χ4v) is 5.27. The molecular formula is C22H28N2O4S. The van der Waals surface area contributed by atoms with Crippen molar-refractivity contribution >= 4 is 21.6 Å². The summed E-state index contributed by atoms with van der Waals surface area (Å²) in [7, 11) is -3.79. The van der Waals surface area contributed by atoms with Gasteiger partial charge in [0.15, 0.2) is 0 Å². The number of aryl methyl sites for hydroxylation is 1. The molecule has 156 valence electrons. The Morgan fingerprint density at radius 1 is 1.21 bits per heavy atom. The van der Waals surface area contributed by atoms with Crippen LogP contribution in [0.4, 0.5) is 5.69 Å². The molecule has 2 aromatic rings. The number of fused-ring (bicyclic) bond motifs is 1. The first kappa shape index (κ1) is 21.3. The summed E-state index contributed by atoms with van der Waals surface area (Å²) < 4.78 is 33.1. The molecular weight excluding hydrogens is 388 g/mol. The van der Waals surface area contributed by atoms with E-state index in [9.17, 15) is 13.2 Å². The van der Waals surface area contributed by atoms with Gasteiger partial charge in [0.2, 0.25) is 15.9 Å². The van der Waals surface area contributed by atoms with Gasteiger partial charge in [-0.25, -0.2) is 8.42 Å². The number of ether oxygens (including phenoxy) is 1. The number of sulfonamides is 1. The third-order valence-electron chi connectivity index (χ3n) is 5.22. The third-order valence-corrected chi connectivity index (χ3v) is 7.14. The van der Waals surface area contributed by atoms with Crippen molar-refractivity contribution < 1.29 is 17.9 Å². The molecule has 0 N–H and O–H groups in total. The minimum absolute atomic E-state index is 0.00836. The van der Waals surface area contributed by atoms with Crippen molar-refractivity contribution in [3.63, 3.8) is 0 Å². The van der Waals surface area contributed by atoms with E-state index in [1.165, 1.54) is 10.4 Å². The van der Waals surface area contributed by atoms with Crippen molar-refractivity contribution in [2.24, 2.45) is 0 Å². The monoisotopic (exact) mass is 416 g/mol. The number of para-hydroxylation sites is 1. The lowest BCUT2D eigenvalue weighted by atomic mass is 10.1. The molecule has 1 atom stereocenters. The molecule has 29 heavy (non-hydrogen) atoms. The standard InChI is InChI=1S/C22H28N2O4S/c1-5-23(29(26,27)19-11-12-21(28-6-2)16(3)13-19)15-22(25)24-17(4)14-18-9-7-8-10-20(18)24/h7-13,17H,5-6,14-15H2,1-4H3. The van der Waals surface area contributed by atoms with Crippen LogP contribution in [0.15, 0.2) is 47.4 Å². The number of carbonyl (C=O) groups is 1. The Hall–Kier alpha value is -2.38. The van der Waals surface area contributed by atoms with Crippen LogP contribution in [-0.4, -0.2) is 44.4 Å². The van der Waals surface area contributed by atoms with Gasteiger partial charge in [-0.2, -0.15) is 4.31 Å². The van der Waals surface area contributed by atoms with E-state index in [1.807, 2.05) is 45.0 Å². The predicted molar refractivity (Wildman–Crippen MR) is 114 cm³/mol. The van der Waals surface area contributed by atoms with Crippen LogP contribution >= 0.6 is 0 Å². The van der Waals surface area contributed by atoms with Gasteiger partial charge in [0.25, 0.3) is 0 Å². The molecule has 7 heteroatoms. The van der Waals surface area contributed by atoms with E-state index in [0.717, 1.165) is 23.2 Å². The molecule has 1 amide bonds. The van der Waals surface area contributed by atoms with Crippen LogP contribution in [0, 0.1) is 6.92 Å². The highest BCUT2D eigenvalue weighted by Gasteiger charge is 2.34. The number of rotatable bonds is 7. The molecule has 3 rings (SSSR count). The summed E-state index contributed by atoms with van der Waals surface area (Å²) >= 11 is 0. The largest absolute Gasteiger partial charge is 0.494 e. The number of hydrogen-bond donors (Lipinski definition) is 0. The zero-order valence-corrected chi connectivity index (χ0v) is 18.2. The van der Waals surface area contributed by atoms with Crippen LogP contribution < -0.4 is 9.64 Å². The Bertz CT molecular complexity index is 1000. The molecule has 0 radical (unpaired) electrons. The lowest BCUT2D eigenvalue weighted by Crippen LogP contribution is -2.45. The molecule has 1 heterocycles. The summed E-state index contributed by atoms with van der Waals surface area (Å²) in [6.07, 6.45) is 0.777.